The molecular formula is C15H24N2O. The Balaban J connectivity index is 2.30. The summed E-state index contributed by atoms with van der Waals surface area (Å²) < 4.78 is 0. The summed E-state index contributed by atoms with van der Waals surface area (Å²) in [6, 6.07) is 5.07. The second-order valence-electron chi connectivity index (χ2n) is 5.60. The maximum atomic E-state index is 9.37. The van der Waals surface area contributed by atoms with Crippen LogP contribution in [-0.2, 0) is 0 Å². The van der Waals surface area contributed by atoms with E-state index in [0.29, 0.717) is 6.04 Å². The number of aliphatic hydroxyl groups excluding tert-OH is 1. The maximum Gasteiger partial charge on any atom is 0.0602 e. The summed E-state index contributed by atoms with van der Waals surface area (Å²) in [4.78, 5) is 2.41. The van der Waals surface area contributed by atoms with Gasteiger partial charge in [-0.05, 0) is 38.8 Å². The van der Waals surface area contributed by atoms with Gasteiger partial charge in [-0.1, -0.05) is 17.7 Å². The summed E-state index contributed by atoms with van der Waals surface area (Å²) in [5.41, 5.74) is 5.32. The van der Waals surface area contributed by atoms with E-state index < -0.39 is 0 Å². The van der Waals surface area contributed by atoms with Crippen LogP contribution < -0.4 is 10.2 Å². The van der Waals surface area contributed by atoms with Crippen LogP contribution in [0.25, 0.3) is 0 Å². The monoisotopic (exact) mass is 248 g/mol. The molecule has 0 bridgehead atoms. The Morgan fingerprint density at radius 2 is 1.83 bits per heavy atom. The van der Waals surface area contributed by atoms with Gasteiger partial charge in [0.15, 0.2) is 0 Å². The summed E-state index contributed by atoms with van der Waals surface area (Å²) >= 11 is 0. The molecule has 1 saturated heterocycles. The normalized spacial score (nSPS) is 24.4. The molecule has 0 spiro atoms. The lowest BCUT2D eigenvalue weighted by Crippen LogP contribution is -2.57. The molecule has 1 aliphatic heterocycles. The molecule has 2 unspecified atom stereocenters. The van der Waals surface area contributed by atoms with Crippen LogP contribution >= 0.6 is 0 Å². The van der Waals surface area contributed by atoms with E-state index in [0.717, 1.165) is 13.1 Å². The lowest BCUT2D eigenvalue weighted by Gasteiger charge is -2.39. The van der Waals surface area contributed by atoms with E-state index in [1.807, 2.05) is 0 Å². The van der Waals surface area contributed by atoms with Crippen molar-refractivity contribution < 1.29 is 5.11 Å². The first kappa shape index (κ1) is 13.4. The highest BCUT2D eigenvalue weighted by Crippen LogP contribution is 2.27. The lowest BCUT2D eigenvalue weighted by molar-refractivity contribution is 0.221. The summed E-state index contributed by atoms with van der Waals surface area (Å²) in [7, 11) is 0. The number of piperazine rings is 1. The van der Waals surface area contributed by atoms with Crippen molar-refractivity contribution in [3.8, 4) is 0 Å². The van der Waals surface area contributed by atoms with Crippen molar-refractivity contribution in [2.75, 3.05) is 24.6 Å². The van der Waals surface area contributed by atoms with Gasteiger partial charge in [-0.25, -0.2) is 0 Å². The molecule has 0 aliphatic carbocycles. The van der Waals surface area contributed by atoms with Crippen molar-refractivity contribution in [3.05, 3.63) is 28.8 Å². The zero-order valence-corrected chi connectivity index (χ0v) is 11.8. The van der Waals surface area contributed by atoms with Crippen molar-refractivity contribution in [1.82, 2.24) is 5.32 Å². The van der Waals surface area contributed by atoms with Gasteiger partial charge in [0.2, 0.25) is 0 Å². The molecule has 18 heavy (non-hydrogen) atoms. The third-order valence-electron chi connectivity index (χ3n) is 3.63. The first-order valence-electron chi connectivity index (χ1n) is 6.71. The number of rotatable bonds is 2. The number of nitrogens with zero attached hydrogens (tertiary/aromatic N) is 1. The predicted molar refractivity (Wildman–Crippen MR) is 76.3 cm³/mol. The first-order chi connectivity index (χ1) is 8.51. The highest BCUT2D eigenvalue weighted by molar-refractivity contribution is 5.60. The molecule has 1 fully saturated rings. The van der Waals surface area contributed by atoms with E-state index in [1.54, 1.807) is 0 Å². The molecular weight excluding hydrogens is 224 g/mol. The van der Waals surface area contributed by atoms with Crippen LogP contribution in [0, 0.1) is 20.8 Å². The Bertz CT molecular complexity index is 407. The Morgan fingerprint density at radius 1 is 1.22 bits per heavy atom. The van der Waals surface area contributed by atoms with Crippen LogP contribution in [0.4, 0.5) is 5.69 Å². The number of nitrogens with one attached hydrogen (secondary N) is 1. The molecule has 1 aromatic carbocycles. The topological polar surface area (TPSA) is 35.5 Å². The third-order valence-corrected chi connectivity index (χ3v) is 3.63. The van der Waals surface area contributed by atoms with Gasteiger partial charge in [-0.2, -0.15) is 0 Å². The van der Waals surface area contributed by atoms with Gasteiger partial charge in [-0.3, -0.25) is 0 Å². The lowest BCUT2D eigenvalue weighted by atomic mass is 10.0. The molecule has 1 heterocycles. The van der Waals surface area contributed by atoms with Crippen LogP contribution in [0.5, 0.6) is 0 Å². The fraction of sp³-hybridized carbons (Fsp3) is 0.600. The molecule has 1 aromatic rings. The molecule has 3 heteroatoms. The average Bonchev–Trinajstić information content (AvgIpc) is 2.26. The second-order valence-corrected chi connectivity index (χ2v) is 5.60. The summed E-state index contributed by atoms with van der Waals surface area (Å²) in [5.74, 6) is 0. The number of hydrogen-bond acceptors (Lipinski definition) is 3. The molecule has 0 radical (unpaired) electrons. The van der Waals surface area contributed by atoms with Gasteiger partial charge >= 0.3 is 0 Å². The van der Waals surface area contributed by atoms with E-state index in [4.69, 9.17) is 0 Å². The van der Waals surface area contributed by atoms with E-state index >= 15 is 0 Å². The van der Waals surface area contributed by atoms with Gasteiger partial charge < -0.3 is 15.3 Å². The minimum atomic E-state index is 0.175. The zero-order chi connectivity index (χ0) is 13.3. The van der Waals surface area contributed by atoms with Crippen LogP contribution in [0.1, 0.15) is 23.6 Å². The number of anilines is 1. The zero-order valence-electron chi connectivity index (χ0n) is 11.8. The largest absolute Gasteiger partial charge is 0.395 e. The van der Waals surface area contributed by atoms with Gasteiger partial charge in [0.1, 0.15) is 0 Å². The minimum Gasteiger partial charge on any atom is -0.395 e. The van der Waals surface area contributed by atoms with Crippen molar-refractivity contribution in [1.29, 1.82) is 0 Å². The maximum absolute atomic E-state index is 9.37. The highest BCUT2D eigenvalue weighted by atomic mass is 16.3. The van der Waals surface area contributed by atoms with Crippen LogP contribution in [-0.4, -0.2) is 36.9 Å². The number of aliphatic hydroxyl groups is 1. The molecule has 1 aliphatic rings. The van der Waals surface area contributed by atoms with Crippen LogP contribution in [0.2, 0.25) is 0 Å². The molecule has 3 nitrogen and oxygen atoms in total. The molecule has 100 valence electrons. The summed E-state index contributed by atoms with van der Waals surface area (Å²) in [6.45, 7) is 10.7. The predicted octanol–water partition coefficient (Wildman–Crippen LogP) is 1.77. The van der Waals surface area contributed by atoms with Crippen LogP contribution in [0.3, 0.4) is 0 Å². The average molecular weight is 248 g/mol. The van der Waals surface area contributed by atoms with E-state index in [2.05, 4.69) is 50.0 Å². The molecule has 0 saturated carbocycles. The van der Waals surface area contributed by atoms with Crippen molar-refractivity contribution in [3.63, 3.8) is 0 Å². The van der Waals surface area contributed by atoms with Crippen molar-refractivity contribution in [2.24, 2.45) is 0 Å². The van der Waals surface area contributed by atoms with Crippen LogP contribution in [0.15, 0.2) is 12.1 Å². The summed E-state index contributed by atoms with van der Waals surface area (Å²) in [5, 5.41) is 12.8. The number of aryl methyl sites for hydroxylation is 3. The molecule has 2 atom stereocenters. The minimum absolute atomic E-state index is 0.175. The van der Waals surface area contributed by atoms with Gasteiger partial charge in [-0.15, -0.1) is 0 Å². The smallest absolute Gasteiger partial charge is 0.0602 e. The molecule has 0 amide bonds. The van der Waals surface area contributed by atoms with Crippen molar-refractivity contribution in [2.45, 2.75) is 39.8 Å². The van der Waals surface area contributed by atoms with E-state index in [-0.39, 0.29) is 12.6 Å². The van der Waals surface area contributed by atoms with Gasteiger partial charge in [0.05, 0.1) is 6.61 Å². The standard InChI is InChI=1S/C15H24N2O/c1-10-5-11(2)15(12(3)6-10)17-7-13(4)16-14(8-17)9-18/h5-6,13-14,16,18H,7-9H2,1-4H3. The van der Waals surface area contributed by atoms with Crippen molar-refractivity contribution >= 4 is 5.69 Å². The highest BCUT2D eigenvalue weighted by Gasteiger charge is 2.25. The Morgan fingerprint density at radius 3 is 2.39 bits per heavy atom. The third kappa shape index (κ3) is 2.68. The van der Waals surface area contributed by atoms with Gasteiger partial charge in [0.25, 0.3) is 0 Å². The summed E-state index contributed by atoms with van der Waals surface area (Å²) in [6.07, 6.45) is 0. The fourth-order valence-electron chi connectivity index (χ4n) is 3.14. The number of hydrogen-bond donors (Lipinski definition) is 2. The second kappa shape index (κ2) is 5.29. The van der Waals surface area contributed by atoms with E-state index in [9.17, 15) is 5.11 Å². The Labute approximate surface area is 110 Å². The molecule has 2 N–H and O–H groups in total. The SMILES string of the molecule is Cc1cc(C)c(N2CC(C)NC(CO)C2)c(C)c1. The molecule has 2 rings (SSSR count). The Hall–Kier alpha value is -1.06. The first-order valence-corrected chi connectivity index (χ1v) is 6.71. The Kier molecular flexibility index (Phi) is 3.93. The quantitative estimate of drug-likeness (QED) is 0.837. The molecule has 0 aromatic heterocycles. The van der Waals surface area contributed by atoms with E-state index in [1.165, 1.54) is 22.4 Å². The van der Waals surface area contributed by atoms with Gasteiger partial charge in [0, 0.05) is 30.9 Å². The number of benzene rings is 1. The fourth-order valence-corrected chi connectivity index (χ4v) is 3.14.